The molecule has 2 rings (SSSR count). The minimum absolute atomic E-state index is 0.186. The van der Waals surface area contributed by atoms with E-state index in [0.29, 0.717) is 28.3 Å². The van der Waals surface area contributed by atoms with E-state index in [1.807, 2.05) is 20.8 Å². The third-order valence-electron chi connectivity index (χ3n) is 5.02. The van der Waals surface area contributed by atoms with E-state index in [2.05, 4.69) is 6.58 Å². The SMILES string of the molecule is C=C(C(=O)O)C(=O)N(CC(C)(C)C)c1ccc(C(O)c2c(OC)cc(OC)c(Cl)c2OC)cc1. The molecule has 0 heterocycles. The highest BCUT2D eigenvalue weighted by atomic mass is 35.5. The van der Waals surface area contributed by atoms with Gasteiger partial charge in [0.2, 0.25) is 0 Å². The fourth-order valence-electron chi connectivity index (χ4n) is 3.39. The summed E-state index contributed by atoms with van der Waals surface area (Å²) in [4.78, 5) is 25.5. The minimum Gasteiger partial charge on any atom is -0.496 e. The molecular formula is C25H30ClNO7. The maximum absolute atomic E-state index is 12.8. The summed E-state index contributed by atoms with van der Waals surface area (Å²) in [6.45, 7) is 9.45. The second-order valence-electron chi connectivity index (χ2n) is 8.77. The molecule has 0 aliphatic rings. The summed E-state index contributed by atoms with van der Waals surface area (Å²) < 4.78 is 16.1. The summed E-state index contributed by atoms with van der Waals surface area (Å²) in [5.74, 6) is -1.24. The number of rotatable bonds is 9. The number of carboxylic acid groups (broad SMARTS) is 1. The summed E-state index contributed by atoms with van der Waals surface area (Å²) in [7, 11) is 4.33. The number of carbonyl (C=O) groups is 2. The summed E-state index contributed by atoms with van der Waals surface area (Å²) >= 11 is 6.38. The van der Waals surface area contributed by atoms with E-state index in [1.54, 1.807) is 30.3 Å². The number of aliphatic hydroxyl groups is 1. The van der Waals surface area contributed by atoms with Gasteiger partial charge in [-0.2, -0.15) is 0 Å². The Hall–Kier alpha value is -3.23. The first-order valence-electron chi connectivity index (χ1n) is 10.4. The molecular weight excluding hydrogens is 462 g/mol. The Balaban J connectivity index is 2.51. The van der Waals surface area contributed by atoms with Crippen LogP contribution in [0.3, 0.4) is 0 Å². The maximum Gasteiger partial charge on any atom is 0.340 e. The van der Waals surface area contributed by atoms with E-state index in [1.165, 1.54) is 26.2 Å². The van der Waals surface area contributed by atoms with Gasteiger partial charge in [-0.3, -0.25) is 4.79 Å². The zero-order chi connectivity index (χ0) is 25.8. The molecule has 0 radical (unpaired) electrons. The lowest BCUT2D eigenvalue weighted by Crippen LogP contribution is -2.39. The van der Waals surface area contributed by atoms with Crippen LogP contribution in [-0.4, -0.2) is 50.0 Å². The number of aliphatic hydroxyl groups excluding tert-OH is 1. The first-order valence-corrected chi connectivity index (χ1v) is 10.7. The van der Waals surface area contributed by atoms with E-state index < -0.39 is 23.6 Å². The fraction of sp³-hybridized carbons (Fsp3) is 0.360. The first kappa shape index (κ1) is 27.0. The molecule has 1 amide bonds. The summed E-state index contributed by atoms with van der Waals surface area (Å²) in [6, 6.07) is 8.06. The van der Waals surface area contributed by atoms with Crippen LogP contribution in [0.2, 0.25) is 5.02 Å². The predicted molar refractivity (Wildman–Crippen MR) is 130 cm³/mol. The molecule has 2 N–H and O–H groups in total. The van der Waals surface area contributed by atoms with Gasteiger partial charge in [-0.25, -0.2) is 4.79 Å². The number of anilines is 1. The van der Waals surface area contributed by atoms with Crippen LogP contribution in [-0.2, 0) is 9.59 Å². The van der Waals surface area contributed by atoms with E-state index in [-0.39, 0.29) is 22.7 Å². The molecule has 0 bridgehead atoms. The molecule has 34 heavy (non-hydrogen) atoms. The Morgan fingerprint density at radius 1 is 1.06 bits per heavy atom. The van der Waals surface area contributed by atoms with Crippen LogP contribution < -0.4 is 19.1 Å². The Kier molecular flexibility index (Phi) is 8.58. The Morgan fingerprint density at radius 3 is 2.06 bits per heavy atom. The highest BCUT2D eigenvalue weighted by Crippen LogP contribution is 2.47. The van der Waals surface area contributed by atoms with Crippen molar-refractivity contribution in [2.75, 3.05) is 32.8 Å². The van der Waals surface area contributed by atoms with Crippen molar-refractivity contribution < 1.29 is 34.0 Å². The quantitative estimate of drug-likeness (QED) is 0.303. The lowest BCUT2D eigenvalue weighted by atomic mass is 9.94. The normalized spacial score (nSPS) is 12.0. The number of carbonyl (C=O) groups excluding carboxylic acids is 1. The molecule has 0 spiro atoms. The molecule has 0 saturated heterocycles. The molecule has 2 aromatic rings. The van der Waals surface area contributed by atoms with Gasteiger partial charge in [0.25, 0.3) is 5.91 Å². The molecule has 1 unspecified atom stereocenters. The molecule has 2 aromatic carbocycles. The zero-order valence-corrected chi connectivity index (χ0v) is 20.9. The molecule has 184 valence electrons. The molecule has 8 nitrogen and oxygen atoms in total. The second-order valence-corrected chi connectivity index (χ2v) is 9.15. The van der Waals surface area contributed by atoms with Crippen LogP contribution in [0.25, 0.3) is 0 Å². The summed E-state index contributed by atoms with van der Waals surface area (Å²) in [6.07, 6.45) is -1.18. The van der Waals surface area contributed by atoms with Crippen molar-refractivity contribution in [3.63, 3.8) is 0 Å². The fourth-order valence-corrected chi connectivity index (χ4v) is 3.70. The monoisotopic (exact) mass is 491 g/mol. The number of hydrogen-bond donors (Lipinski definition) is 2. The number of ether oxygens (including phenoxy) is 3. The van der Waals surface area contributed by atoms with Crippen molar-refractivity contribution in [2.24, 2.45) is 5.41 Å². The second kappa shape index (κ2) is 10.8. The van der Waals surface area contributed by atoms with Gasteiger partial charge in [-0.05, 0) is 23.1 Å². The highest BCUT2D eigenvalue weighted by molar-refractivity contribution is 6.33. The van der Waals surface area contributed by atoms with Crippen molar-refractivity contribution >= 4 is 29.2 Å². The van der Waals surface area contributed by atoms with Gasteiger partial charge in [0.1, 0.15) is 28.2 Å². The van der Waals surface area contributed by atoms with Crippen molar-refractivity contribution in [3.8, 4) is 17.2 Å². The van der Waals surface area contributed by atoms with Gasteiger partial charge in [0.15, 0.2) is 5.75 Å². The zero-order valence-electron chi connectivity index (χ0n) is 20.1. The van der Waals surface area contributed by atoms with Crippen molar-refractivity contribution in [1.82, 2.24) is 0 Å². The Bertz CT molecular complexity index is 1070. The number of methoxy groups -OCH3 is 3. The number of carboxylic acids is 1. The lowest BCUT2D eigenvalue weighted by Gasteiger charge is -2.30. The molecule has 1 atom stereocenters. The number of halogens is 1. The molecule has 0 aliphatic carbocycles. The third kappa shape index (κ3) is 5.81. The molecule has 0 aliphatic heterocycles. The maximum atomic E-state index is 12.8. The topological polar surface area (TPSA) is 106 Å². The number of hydrogen-bond acceptors (Lipinski definition) is 6. The van der Waals surface area contributed by atoms with Crippen LogP contribution in [0.4, 0.5) is 5.69 Å². The van der Waals surface area contributed by atoms with Crippen LogP contribution in [0.15, 0.2) is 42.5 Å². The van der Waals surface area contributed by atoms with Crippen LogP contribution >= 0.6 is 11.6 Å². The average molecular weight is 492 g/mol. The van der Waals surface area contributed by atoms with Crippen molar-refractivity contribution in [3.05, 3.63) is 58.6 Å². The molecule has 0 saturated carbocycles. The van der Waals surface area contributed by atoms with Gasteiger partial charge in [-0.1, -0.05) is 51.1 Å². The minimum atomic E-state index is -1.38. The van der Waals surface area contributed by atoms with Gasteiger partial charge < -0.3 is 29.3 Å². The Labute approximate surface area is 204 Å². The molecule has 0 fully saturated rings. The summed E-state index contributed by atoms with van der Waals surface area (Å²) in [5, 5.41) is 20.6. The number of amides is 1. The van der Waals surface area contributed by atoms with Crippen LogP contribution in [0, 0.1) is 5.41 Å². The predicted octanol–water partition coefficient (Wildman–Crippen LogP) is 4.47. The van der Waals surface area contributed by atoms with Gasteiger partial charge in [-0.15, -0.1) is 0 Å². The van der Waals surface area contributed by atoms with E-state index >= 15 is 0 Å². The summed E-state index contributed by atoms with van der Waals surface area (Å²) in [5.41, 5.74) is 0.403. The largest absolute Gasteiger partial charge is 0.496 e. The number of nitrogens with zero attached hydrogens (tertiary/aromatic N) is 1. The molecule has 9 heteroatoms. The van der Waals surface area contributed by atoms with E-state index in [0.717, 1.165) is 0 Å². The van der Waals surface area contributed by atoms with Crippen molar-refractivity contribution in [2.45, 2.75) is 26.9 Å². The Morgan fingerprint density at radius 2 is 1.62 bits per heavy atom. The van der Waals surface area contributed by atoms with Gasteiger partial charge >= 0.3 is 5.97 Å². The smallest absolute Gasteiger partial charge is 0.340 e. The molecule has 0 aromatic heterocycles. The third-order valence-corrected chi connectivity index (χ3v) is 5.38. The number of aliphatic carboxylic acids is 1. The lowest BCUT2D eigenvalue weighted by molar-refractivity contribution is -0.134. The average Bonchev–Trinajstić information content (AvgIpc) is 2.80. The van der Waals surface area contributed by atoms with Crippen LogP contribution in [0.5, 0.6) is 17.2 Å². The standard InChI is InChI=1S/C25H30ClNO7/c1-14(24(30)31)23(29)27(13-25(2,3)4)16-10-8-15(9-11-16)21(28)19-17(32-5)12-18(33-6)20(26)22(19)34-7/h8-12,21,28H,1,13H2,2-7H3,(H,30,31). The van der Waals surface area contributed by atoms with E-state index in [4.69, 9.17) is 25.8 Å². The first-order chi connectivity index (χ1) is 15.9. The van der Waals surface area contributed by atoms with Gasteiger partial charge in [0, 0.05) is 18.3 Å². The van der Waals surface area contributed by atoms with Gasteiger partial charge in [0.05, 0.1) is 26.9 Å². The highest BCUT2D eigenvalue weighted by Gasteiger charge is 2.29. The van der Waals surface area contributed by atoms with Crippen molar-refractivity contribution in [1.29, 1.82) is 0 Å². The number of benzene rings is 2. The van der Waals surface area contributed by atoms with E-state index in [9.17, 15) is 19.8 Å². The van der Waals surface area contributed by atoms with Crippen LogP contribution in [0.1, 0.15) is 38.0 Å².